The summed E-state index contributed by atoms with van der Waals surface area (Å²) in [6.45, 7) is 11.8. The molecule has 2 rings (SSSR count). The molecule has 0 aliphatic carbocycles. The second kappa shape index (κ2) is 9.45. The van der Waals surface area contributed by atoms with Crippen LogP contribution in [0.25, 0.3) is 0 Å². The summed E-state index contributed by atoms with van der Waals surface area (Å²) in [4.78, 5) is 27.7. The molecule has 0 unspecified atom stereocenters. The first-order valence-electron chi connectivity index (χ1n) is 9.89. The molecule has 0 fully saturated rings. The Morgan fingerprint density at radius 3 is 2.34 bits per heavy atom. The minimum atomic E-state index is -0.622. The number of nitrogens with one attached hydrogen (secondary N) is 1. The van der Waals surface area contributed by atoms with Crippen molar-refractivity contribution in [2.45, 2.75) is 66.1 Å². The molecule has 2 amide bonds. The van der Waals surface area contributed by atoms with Gasteiger partial charge in [-0.15, -0.1) is 0 Å². The number of hydrogen-bond donors (Lipinski definition) is 1. The van der Waals surface area contributed by atoms with Crippen LogP contribution in [0.5, 0.6) is 0 Å². The van der Waals surface area contributed by atoms with Crippen LogP contribution in [0.1, 0.15) is 49.9 Å². The third-order valence-corrected chi connectivity index (χ3v) is 5.18. The number of carbonyl (C=O) groups excluding carboxylic acids is 2. The smallest absolute Gasteiger partial charge is 0.242 e. The summed E-state index contributed by atoms with van der Waals surface area (Å²) in [7, 11) is 0. The van der Waals surface area contributed by atoms with Crippen molar-refractivity contribution in [1.82, 2.24) is 10.2 Å². The van der Waals surface area contributed by atoms with E-state index in [1.165, 1.54) is 0 Å². The minimum Gasteiger partial charge on any atom is -0.350 e. The van der Waals surface area contributed by atoms with Gasteiger partial charge in [-0.1, -0.05) is 53.6 Å². The Morgan fingerprint density at radius 2 is 1.72 bits per heavy atom. The topological polar surface area (TPSA) is 49.4 Å². The standard InChI is InChI=1S/C24H31ClN2O2/c1-16-11-12-17(2)20(13-16)14-22(28)27(15-19-9-7-8-10-21(19)25)18(3)23(29)26-24(4,5)6/h7-13,18H,14-15H2,1-6H3,(H,26,29)/t18-/m0/s1. The van der Waals surface area contributed by atoms with E-state index in [4.69, 9.17) is 11.6 Å². The number of hydrogen-bond acceptors (Lipinski definition) is 2. The molecule has 0 saturated carbocycles. The van der Waals surface area contributed by atoms with Gasteiger partial charge in [-0.3, -0.25) is 9.59 Å². The number of aryl methyl sites for hydroxylation is 2. The van der Waals surface area contributed by atoms with E-state index in [0.717, 1.165) is 22.3 Å². The zero-order valence-electron chi connectivity index (χ0n) is 18.2. The number of halogens is 1. The summed E-state index contributed by atoms with van der Waals surface area (Å²) in [6, 6.07) is 12.9. The first-order chi connectivity index (χ1) is 13.5. The lowest BCUT2D eigenvalue weighted by molar-refractivity contribution is -0.140. The maximum Gasteiger partial charge on any atom is 0.242 e. The molecular weight excluding hydrogens is 384 g/mol. The molecule has 4 nitrogen and oxygen atoms in total. The highest BCUT2D eigenvalue weighted by Gasteiger charge is 2.29. The van der Waals surface area contributed by atoms with Crippen molar-refractivity contribution in [2.75, 3.05) is 0 Å². The maximum absolute atomic E-state index is 13.3. The third kappa shape index (κ3) is 6.60. The average Bonchev–Trinajstić information content (AvgIpc) is 2.62. The van der Waals surface area contributed by atoms with Crippen LogP contribution < -0.4 is 5.32 Å². The van der Waals surface area contributed by atoms with E-state index < -0.39 is 6.04 Å². The number of rotatable bonds is 6. The Morgan fingerprint density at radius 1 is 1.07 bits per heavy atom. The zero-order valence-corrected chi connectivity index (χ0v) is 18.9. The quantitative estimate of drug-likeness (QED) is 0.735. The third-order valence-electron chi connectivity index (χ3n) is 4.81. The molecule has 1 N–H and O–H groups in total. The normalized spacial score (nSPS) is 12.4. The largest absolute Gasteiger partial charge is 0.350 e. The zero-order chi connectivity index (χ0) is 21.8. The molecule has 29 heavy (non-hydrogen) atoms. The number of benzene rings is 2. The molecule has 156 valence electrons. The summed E-state index contributed by atoms with van der Waals surface area (Å²) in [6.07, 6.45) is 0.241. The van der Waals surface area contributed by atoms with Crippen LogP contribution in [-0.2, 0) is 22.6 Å². The van der Waals surface area contributed by atoms with Gasteiger partial charge in [0.05, 0.1) is 6.42 Å². The predicted molar refractivity (Wildman–Crippen MR) is 119 cm³/mol. The molecular formula is C24H31ClN2O2. The van der Waals surface area contributed by atoms with Crippen LogP contribution in [0.15, 0.2) is 42.5 Å². The molecule has 2 aromatic rings. The Labute approximate surface area is 179 Å². The van der Waals surface area contributed by atoms with Crippen LogP contribution in [0.3, 0.4) is 0 Å². The molecule has 0 heterocycles. The highest BCUT2D eigenvalue weighted by Crippen LogP contribution is 2.20. The van der Waals surface area contributed by atoms with Gasteiger partial charge in [0.1, 0.15) is 6.04 Å². The average molecular weight is 415 g/mol. The first-order valence-corrected chi connectivity index (χ1v) is 10.3. The summed E-state index contributed by atoms with van der Waals surface area (Å²) in [5.41, 5.74) is 3.59. The van der Waals surface area contributed by atoms with Crippen LogP contribution in [0, 0.1) is 13.8 Å². The maximum atomic E-state index is 13.3. The summed E-state index contributed by atoms with van der Waals surface area (Å²) in [5.74, 6) is -0.283. The Kier molecular flexibility index (Phi) is 7.48. The molecule has 0 saturated heterocycles. The Bertz CT molecular complexity index is 887. The van der Waals surface area contributed by atoms with Crippen molar-refractivity contribution < 1.29 is 9.59 Å². The predicted octanol–water partition coefficient (Wildman–Crippen LogP) is 4.83. The van der Waals surface area contributed by atoms with E-state index in [1.807, 2.05) is 71.0 Å². The van der Waals surface area contributed by atoms with Crippen molar-refractivity contribution in [3.05, 3.63) is 69.7 Å². The van der Waals surface area contributed by atoms with Crippen LogP contribution in [-0.4, -0.2) is 28.3 Å². The molecule has 5 heteroatoms. The van der Waals surface area contributed by atoms with Crippen molar-refractivity contribution in [3.8, 4) is 0 Å². The van der Waals surface area contributed by atoms with Gasteiger partial charge in [0.2, 0.25) is 11.8 Å². The molecule has 0 radical (unpaired) electrons. The first kappa shape index (κ1) is 23.0. The van der Waals surface area contributed by atoms with Gasteiger partial charge in [0, 0.05) is 17.1 Å². The summed E-state index contributed by atoms with van der Waals surface area (Å²) >= 11 is 6.33. The van der Waals surface area contributed by atoms with Crippen molar-refractivity contribution in [1.29, 1.82) is 0 Å². The fraction of sp³-hybridized carbons (Fsp3) is 0.417. The van der Waals surface area contributed by atoms with Gasteiger partial charge in [-0.05, 0) is 64.3 Å². The highest BCUT2D eigenvalue weighted by molar-refractivity contribution is 6.31. The van der Waals surface area contributed by atoms with Gasteiger partial charge < -0.3 is 10.2 Å². The van der Waals surface area contributed by atoms with Crippen LogP contribution in [0.2, 0.25) is 5.02 Å². The molecule has 0 aromatic heterocycles. The Balaban J connectivity index is 2.32. The number of carbonyl (C=O) groups is 2. The molecule has 0 bridgehead atoms. The number of nitrogens with zero attached hydrogens (tertiary/aromatic N) is 1. The molecule has 0 aliphatic rings. The molecule has 2 aromatic carbocycles. The van der Waals surface area contributed by atoms with Crippen molar-refractivity contribution in [2.24, 2.45) is 0 Å². The number of amides is 2. The van der Waals surface area contributed by atoms with E-state index >= 15 is 0 Å². The van der Waals surface area contributed by atoms with Gasteiger partial charge in [0.25, 0.3) is 0 Å². The summed E-state index contributed by atoms with van der Waals surface area (Å²) in [5, 5.41) is 3.56. The van der Waals surface area contributed by atoms with E-state index in [-0.39, 0.29) is 30.3 Å². The lowest BCUT2D eigenvalue weighted by Crippen LogP contribution is -2.52. The summed E-state index contributed by atoms with van der Waals surface area (Å²) < 4.78 is 0. The second-order valence-electron chi connectivity index (χ2n) is 8.63. The second-order valence-corrected chi connectivity index (χ2v) is 9.04. The fourth-order valence-electron chi connectivity index (χ4n) is 3.12. The van der Waals surface area contributed by atoms with Crippen molar-refractivity contribution in [3.63, 3.8) is 0 Å². The lowest BCUT2D eigenvalue weighted by Gasteiger charge is -2.32. The van der Waals surface area contributed by atoms with Crippen molar-refractivity contribution >= 4 is 23.4 Å². The molecule has 0 aliphatic heterocycles. The van der Waals surface area contributed by atoms with Gasteiger partial charge >= 0.3 is 0 Å². The molecule has 1 atom stereocenters. The SMILES string of the molecule is Cc1ccc(C)c(CC(=O)N(Cc2ccccc2Cl)[C@@H](C)C(=O)NC(C)(C)C)c1. The Hall–Kier alpha value is -2.33. The minimum absolute atomic E-state index is 0.102. The van der Waals surface area contributed by atoms with E-state index in [0.29, 0.717) is 5.02 Å². The fourth-order valence-corrected chi connectivity index (χ4v) is 3.32. The van der Waals surface area contributed by atoms with Gasteiger partial charge in [-0.2, -0.15) is 0 Å². The van der Waals surface area contributed by atoms with Crippen LogP contribution >= 0.6 is 11.6 Å². The monoisotopic (exact) mass is 414 g/mol. The molecule has 0 spiro atoms. The van der Waals surface area contributed by atoms with Gasteiger partial charge in [0.15, 0.2) is 0 Å². The van der Waals surface area contributed by atoms with Crippen LogP contribution in [0.4, 0.5) is 0 Å². The van der Waals surface area contributed by atoms with E-state index in [2.05, 4.69) is 5.32 Å². The van der Waals surface area contributed by atoms with Gasteiger partial charge in [-0.25, -0.2) is 0 Å². The lowest BCUT2D eigenvalue weighted by atomic mass is 10.0. The van der Waals surface area contributed by atoms with E-state index in [1.54, 1.807) is 17.9 Å². The van der Waals surface area contributed by atoms with E-state index in [9.17, 15) is 9.59 Å². The highest BCUT2D eigenvalue weighted by atomic mass is 35.5.